The molecule has 2 rings (SSSR count). The van der Waals surface area contributed by atoms with Gasteiger partial charge in [-0.05, 0) is 13.0 Å². The Labute approximate surface area is 93.9 Å². The number of aromatic nitrogens is 1. The lowest BCUT2D eigenvalue weighted by atomic mass is 9.97. The van der Waals surface area contributed by atoms with Crippen LogP contribution in [0.1, 0.15) is 18.4 Å². The Balaban J connectivity index is 2.70. The van der Waals surface area contributed by atoms with Gasteiger partial charge in [-0.3, -0.25) is 4.79 Å². The van der Waals surface area contributed by atoms with Crippen LogP contribution in [0.15, 0.2) is 30.5 Å². The molecule has 16 heavy (non-hydrogen) atoms. The van der Waals surface area contributed by atoms with Crippen molar-refractivity contribution in [1.29, 1.82) is 5.26 Å². The van der Waals surface area contributed by atoms with Crippen molar-refractivity contribution in [2.45, 2.75) is 12.8 Å². The molecule has 1 aromatic heterocycles. The lowest BCUT2D eigenvalue weighted by Crippen LogP contribution is -2.05. The lowest BCUT2D eigenvalue weighted by molar-refractivity contribution is -0.117. The fourth-order valence-corrected chi connectivity index (χ4v) is 1.98. The molecule has 0 aliphatic carbocycles. The quantitative estimate of drug-likeness (QED) is 0.767. The molecule has 0 saturated carbocycles. The van der Waals surface area contributed by atoms with Gasteiger partial charge in [0.05, 0.1) is 6.07 Å². The summed E-state index contributed by atoms with van der Waals surface area (Å²) in [4.78, 5) is 11.4. The molecule has 0 N–H and O–H groups in total. The Morgan fingerprint density at radius 1 is 1.44 bits per heavy atom. The second-order valence-corrected chi connectivity index (χ2v) is 3.89. The first-order valence-electron chi connectivity index (χ1n) is 5.09. The Morgan fingerprint density at radius 2 is 2.12 bits per heavy atom. The van der Waals surface area contributed by atoms with Crippen molar-refractivity contribution in [2.24, 2.45) is 7.05 Å². The molecule has 0 bridgehead atoms. The maximum absolute atomic E-state index is 11.4. The van der Waals surface area contributed by atoms with Crippen molar-refractivity contribution in [3.05, 3.63) is 36.0 Å². The summed E-state index contributed by atoms with van der Waals surface area (Å²) in [5, 5.41) is 10.0. The van der Waals surface area contributed by atoms with E-state index in [0.29, 0.717) is 0 Å². The minimum absolute atomic E-state index is 0.112. The molecule has 80 valence electrons. The summed E-state index contributed by atoms with van der Waals surface area (Å²) in [6, 6.07) is 9.85. The molecule has 0 aliphatic rings. The number of nitriles is 1. The summed E-state index contributed by atoms with van der Waals surface area (Å²) in [5.74, 6) is -0.773. The molecule has 1 aromatic carbocycles. The van der Waals surface area contributed by atoms with E-state index in [4.69, 9.17) is 5.26 Å². The Hall–Kier alpha value is -2.08. The number of carbonyl (C=O) groups is 1. The molecule has 0 radical (unpaired) electrons. The van der Waals surface area contributed by atoms with E-state index in [-0.39, 0.29) is 5.78 Å². The first kappa shape index (κ1) is 10.4. The highest BCUT2D eigenvalue weighted by Crippen LogP contribution is 2.27. The van der Waals surface area contributed by atoms with Crippen LogP contribution in [-0.4, -0.2) is 10.4 Å². The maximum atomic E-state index is 11.4. The molecule has 3 heteroatoms. The topological polar surface area (TPSA) is 45.8 Å². The van der Waals surface area contributed by atoms with E-state index in [1.807, 2.05) is 42.1 Å². The molecule has 3 nitrogen and oxygen atoms in total. The summed E-state index contributed by atoms with van der Waals surface area (Å²) in [5.41, 5.74) is 1.84. The van der Waals surface area contributed by atoms with Crippen molar-refractivity contribution < 1.29 is 4.79 Å². The predicted molar refractivity (Wildman–Crippen MR) is 62.0 cm³/mol. The van der Waals surface area contributed by atoms with Crippen LogP contribution in [0.4, 0.5) is 0 Å². The van der Waals surface area contributed by atoms with E-state index in [9.17, 15) is 4.79 Å². The van der Waals surface area contributed by atoms with Crippen molar-refractivity contribution in [2.75, 3.05) is 0 Å². The molecular formula is C13H12N2O. The number of para-hydroxylation sites is 1. The van der Waals surface area contributed by atoms with Gasteiger partial charge in [0.1, 0.15) is 5.92 Å². The SMILES string of the molecule is CC(=O)C(C#N)c1cn(C)c2ccccc12. The first-order valence-corrected chi connectivity index (χ1v) is 5.09. The molecule has 1 atom stereocenters. The number of carbonyl (C=O) groups excluding carboxylic acids is 1. The Kier molecular flexibility index (Phi) is 2.49. The van der Waals surface area contributed by atoms with Crippen LogP contribution in [0.3, 0.4) is 0 Å². The predicted octanol–water partition coefficient (Wildman–Crippen LogP) is 2.37. The summed E-state index contributed by atoms with van der Waals surface area (Å²) in [6.45, 7) is 1.45. The van der Waals surface area contributed by atoms with Gasteiger partial charge < -0.3 is 4.57 Å². The smallest absolute Gasteiger partial charge is 0.151 e. The average molecular weight is 212 g/mol. The third kappa shape index (κ3) is 1.49. The number of aryl methyl sites for hydroxylation is 1. The summed E-state index contributed by atoms with van der Waals surface area (Å²) in [7, 11) is 1.92. The molecule has 0 aliphatic heterocycles. The molecule has 0 amide bonds. The molecular weight excluding hydrogens is 200 g/mol. The first-order chi connectivity index (χ1) is 7.65. The van der Waals surface area contributed by atoms with E-state index in [1.54, 1.807) is 0 Å². The van der Waals surface area contributed by atoms with E-state index in [1.165, 1.54) is 6.92 Å². The number of ketones is 1. The van der Waals surface area contributed by atoms with Gasteiger partial charge >= 0.3 is 0 Å². The van der Waals surface area contributed by atoms with Gasteiger partial charge in [0.15, 0.2) is 5.78 Å². The highest BCUT2D eigenvalue weighted by atomic mass is 16.1. The molecule has 2 aromatic rings. The highest BCUT2D eigenvalue weighted by Gasteiger charge is 2.20. The molecule has 1 unspecified atom stereocenters. The average Bonchev–Trinajstić information content (AvgIpc) is 2.58. The number of nitrogens with zero attached hydrogens (tertiary/aromatic N) is 2. The summed E-state index contributed by atoms with van der Waals surface area (Å²) >= 11 is 0. The Morgan fingerprint density at radius 3 is 2.75 bits per heavy atom. The second kappa shape index (κ2) is 3.82. The third-order valence-electron chi connectivity index (χ3n) is 2.77. The number of benzene rings is 1. The van der Waals surface area contributed by atoms with Gasteiger partial charge in [-0.25, -0.2) is 0 Å². The maximum Gasteiger partial charge on any atom is 0.151 e. The number of fused-ring (bicyclic) bond motifs is 1. The van der Waals surface area contributed by atoms with Gasteiger partial charge in [0.25, 0.3) is 0 Å². The number of hydrogen-bond acceptors (Lipinski definition) is 2. The van der Waals surface area contributed by atoms with Crippen LogP contribution < -0.4 is 0 Å². The zero-order valence-electron chi connectivity index (χ0n) is 9.27. The lowest BCUT2D eigenvalue weighted by Gasteiger charge is -2.02. The number of hydrogen-bond donors (Lipinski definition) is 0. The largest absolute Gasteiger partial charge is 0.350 e. The van der Waals surface area contributed by atoms with Crippen LogP contribution in [-0.2, 0) is 11.8 Å². The normalized spacial score (nSPS) is 12.3. The molecule has 0 spiro atoms. The zero-order chi connectivity index (χ0) is 11.7. The minimum atomic E-state index is -0.661. The van der Waals surface area contributed by atoms with Gasteiger partial charge in [-0.1, -0.05) is 18.2 Å². The third-order valence-corrected chi connectivity index (χ3v) is 2.77. The summed E-state index contributed by atoms with van der Waals surface area (Å²) in [6.07, 6.45) is 1.86. The fraction of sp³-hybridized carbons (Fsp3) is 0.231. The van der Waals surface area contributed by atoms with Crippen molar-refractivity contribution in [3.63, 3.8) is 0 Å². The number of rotatable bonds is 2. The minimum Gasteiger partial charge on any atom is -0.350 e. The standard InChI is InChI=1S/C13H12N2O/c1-9(16)11(7-14)12-8-15(2)13-6-4-3-5-10(12)13/h3-6,8,11H,1-2H3. The van der Waals surface area contributed by atoms with E-state index >= 15 is 0 Å². The monoisotopic (exact) mass is 212 g/mol. The fourth-order valence-electron chi connectivity index (χ4n) is 1.98. The van der Waals surface area contributed by atoms with Crippen LogP contribution >= 0.6 is 0 Å². The van der Waals surface area contributed by atoms with Crippen LogP contribution in [0, 0.1) is 11.3 Å². The van der Waals surface area contributed by atoms with Crippen molar-refractivity contribution in [1.82, 2.24) is 4.57 Å². The number of Topliss-reactive ketones (excluding diaryl/α,β-unsaturated/α-hetero) is 1. The van der Waals surface area contributed by atoms with Crippen LogP contribution in [0.5, 0.6) is 0 Å². The van der Waals surface area contributed by atoms with Gasteiger partial charge in [-0.2, -0.15) is 5.26 Å². The van der Waals surface area contributed by atoms with Crippen molar-refractivity contribution in [3.8, 4) is 6.07 Å². The zero-order valence-corrected chi connectivity index (χ0v) is 9.27. The van der Waals surface area contributed by atoms with Crippen LogP contribution in [0.2, 0.25) is 0 Å². The van der Waals surface area contributed by atoms with E-state index in [0.717, 1.165) is 16.5 Å². The summed E-state index contributed by atoms with van der Waals surface area (Å²) < 4.78 is 1.94. The molecule has 0 saturated heterocycles. The van der Waals surface area contributed by atoms with Crippen molar-refractivity contribution >= 4 is 16.7 Å². The van der Waals surface area contributed by atoms with Gasteiger partial charge in [0, 0.05) is 29.7 Å². The highest BCUT2D eigenvalue weighted by molar-refractivity contribution is 5.94. The van der Waals surface area contributed by atoms with E-state index < -0.39 is 5.92 Å². The van der Waals surface area contributed by atoms with Gasteiger partial charge in [-0.15, -0.1) is 0 Å². The Bertz CT molecular complexity index is 589. The van der Waals surface area contributed by atoms with Gasteiger partial charge in [0.2, 0.25) is 0 Å². The van der Waals surface area contributed by atoms with E-state index in [2.05, 4.69) is 6.07 Å². The molecule has 0 fully saturated rings. The van der Waals surface area contributed by atoms with Crippen LogP contribution in [0.25, 0.3) is 10.9 Å². The molecule has 1 heterocycles. The second-order valence-electron chi connectivity index (χ2n) is 3.89.